The average molecular weight is 318 g/mol. The Bertz CT molecular complexity index is 387. The number of carbonyl (C=O) groups excluding carboxylic acids is 1. The van der Waals surface area contributed by atoms with Crippen molar-refractivity contribution in [3.05, 3.63) is 33.4 Å². The maximum Gasteiger partial charge on any atom is 0.314 e. The molecule has 0 spiro atoms. The highest BCUT2D eigenvalue weighted by molar-refractivity contribution is 14.1. The lowest BCUT2D eigenvalue weighted by molar-refractivity contribution is -0.140. The number of benzene rings is 1. The van der Waals surface area contributed by atoms with Gasteiger partial charge in [-0.1, -0.05) is 19.1 Å². The smallest absolute Gasteiger partial charge is 0.314 e. The van der Waals surface area contributed by atoms with Crippen molar-refractivity contribution >= 4 is 34.3 Å². The first kappa shape index (κ1) is 12.2. The Kier molecular flexibility index (Phi) is 4.26. The van der Waals surface area contributed by atoms with Gasteiger partial charge in [-0.05, 0) is 41.1 Å². The van der Waals surface area contributed by atoms with Gasteiger partial charge < -0.3 is 5.11 Å². The molecule has 3 nitrogen and oxygen atoms in total. The highest BCUT2D eigenvalue weighted by atomic mass is 127. The van der Waals surface area contributed by atoms with Crippen molar-refractivity contribution in [2.75, 3.05) is 0 Å². The molecular weight excluding hydrogens is 307 g/mol. The number of carboxylic acid groups (broad SMARTS) is 1. The monoisotopic (exact) mass is 318 g/mol. The van der Waals surface area contributed by atoms with Gasteiger partial charge in [0.05, 0.1) is 0 Å². The molecule has 80 valence electrons. The molecule has 1 aromatic carbocycles. The number of hydrogen-bond donors (Lipinski definition) is 1. The molecule has 0 saturated carbocycles. The number of hydrogen-bond acceptors (Lipinski definition) is 2. The summed E-state index contributed by atoms with van der Waals surface area (Å²) in [5.74, 6) is -2.30. The Morgan fingerprint density at radius 1 is 1.47 bits per heavy atom. The van der Waals surface area contributed by atoms with E-state index in [1.165, 1.54) is 0 Å². The number of halogens is 1. The van der Waals surface area contributed by atoms with Crippen molar-refractivity contribution in [3.8, 4) is 0 Å². The molecule has 15 heavy (non-hydrogen) atoms. The second-order valence-corrected chi connectivity index (χ2v) is 4.42. The van der Waals surface area contributed by atoms with Crippen molar-refractivity contribution in [1.82, 2.24) is 0 Å². The predicted octanol–water partition coefficient (Wildman–Crippen LogP) is 2.58. The summed E-state index contributed by atoms with van der Waals surface area (Å²) in [7, 11) is 0. The van der Waals surface area contributed by atoms with Crippen LogP contribution in [-0.2, 0) is 4.79 Å². The quantitative estimate of drug-likeness (QED) is 0.527. The van der Waals surface area contributed by atoms with Crippen molar-refractivity contribution in [2.24, 2.45) is 5.92 Å². The van der Waals surface area contributed by atoms with E-state index < -0.39 is 11.9 Å². The Hall–Kier alpha value is -0.910. The van der Waals surface area contributed by atoms with Crippen LogP contribution in [-0.4, -0.2) is 16.9 Å². The lowest BCUT2D eigenvalue weighted by Gasteiger charge is -2.08. The molecule has 1 N–H and O–H groups in total. The van der Waals surface area contributed by atoms with E-state index >= 15 is 0 Å². The van der Waals surface area contributed by atoms with Gasteiger partial charge in [0, 0.05) is 9.13 Å². The summed E-state index contributed by atoms with van der Waals surface area (Å²) >= 11 is 2.09. The van der Waals surface area contributed by atoms with E-state index in [-0.39, 0.29) is 5.78 Å². The Morgan fingerprint density at radius 3 is 2.60 bits per heavy atom. The minimum atomic E-state index is -1.05. The van der Waals surface area contributed by atoms with Crippen molar-refractivity contribution < 1.29 is 14.7 Å². The van der Waals surface area contributed by atoms with E-state index in [1.54, 1.807) is 25.1 Å². The van der Waals surface area contributed by atoms with Gasteiger partial charge in [-0.2, -0.15) is 0 Å². The largest absolute Gasteiger partial charge is 0.481 e. The van der Waals surface area contributed by atoms with E-state index in [1.807, 2.05) is 6.07 Å². The third-order valence-electron chi connectivity index (χ3n) is 2.13. The van der Waals surface area contributed by atoms with E-state index in [4.69, 9.17) is 5.11 Å². The molecule has 1 aromatic rings. The minimum absolute atomic E-state index is 0.316. The summed E-state index contributed by atoms with van der Waals surface area (Å²) < 4.78 is 0.929. The lowest BCUT2D eigenvalue weighted by Crippen LogP contribution is -2.23. The zero-order chi connectivity index (χ0) is 11.4. The molecule has 0 saturated heterocycles. The first-order valence-corrected chi connectivity index (χ1v) is 5.66. The van der Waals surface area contributed by atoms with Gasteiger partial charge in [0.15, 0.2) is 5.78 Å². The SMILES string of the molecule is CC[C@@H](C(=O)O)C(=O)c1cccc(I)c1. The van der Waals surface area contributed by atoms with E-state index in [9.17, 15) is 9.59 Å². The second kappa shape index (κ2) is 5.25. The van der Waals surface area contributed by atoms with Gasteiger partial charge in [0.25, 0.3) is 0 Å². The third-order valence-corrected chi connectivity index (χ3v) is 2.80. The highest BCUT2D eigenvalue weighted by Gasteiger charge is 2.25. The zero-order valence-corrected chi connectivity index (χ0v) is 10.4. The van der Waals surface area contributed by atoms with E-state index in [0.717, 1.165) is 3.57 Å². The van der Waals surface area contributed by atoms with Crippen LogP contribution in [0.5, 0.6) is 0 Å². The van der Waals surface area contributed by atoms with Gasteiger partial charge in [-0.3, -0.25) is 9.59 Å². The van der Waals surface area contributed by atoms with E-state index in [0.29, 0.717) is 12.0 Å². The first-order valence-electron chi connectivity index (χ1n) is 4.58. The lowest BCUT2D eigenvalue weighted by atomic mass is 9.95. The van der Waals surface area contributed by atoms with Crippen molar-refractivity contribution in [3.63, 3.8) is 0 Å². The fourth-order valence-corrected chi connectivity index (χ4v) is 1.86. The molecule has 0 amide bonds. The average Bonchev–Trinajstić information content (AvgIpc) is 2.18. The molecule has 1 atom stereocenters. The Balaban J connectivity index is 2.98. The van der Waals surface area contributed by atoms with Crippen molar-refractivity contribution in [2.45, 2.75) is 13.3 Å². The zero-order valence-electron chi connectivity index (χ0n) is 8.24. The summed E-state index contributed by atoms with van der Waals surface area (Å²) in [6, 6.07) is 6.97. The molecule has 1 rings (SSSR count). The molecule has 0 aliphatic carbocycles. The number of carbonyl (C=O) groups is 2. The number of rotatable bonds is 4. The number of aliphatic carboxylic acids is 1. The fraction of sp³-hybridized carbons (Fsp3) is 0.273. The summed E-state index contributed by atoms with van der Waals surface area (Å²) in [5, 5.41) is 8.85. The van der Waals surface area contributed by atoms with Gasteiger partial charge in [0.2, 0.25) is 0 Å². The van der Waals surface area contributed by atoms with Gasteiger partial charge >= 0.3 is 5.97 Å². The molecule has 4 heteroatoms. The third kappa shape index (κ3) is 3.02. The van der Waals surface area contributed by atoms with Gasteiger partial charge in [-0.25, -0.2) is 0 Å². The van der Waals surface area contributed by atoms with Gasteiger partial charge in [-0.15, -0.1) is 0 Å². The van der Waals surface area contributed by atoms with Crippen LogP contribution in [0.25, 0.3) is 0 Å². The standard InChI is InChI=1S/C11H11IO3/c1-2-9(11(14)15)10(13)7-4-3-5-8(12)6-7/h3-6,9H,2H2,1H3,(H,14,15)/t9-/m1/s1. The number of Topliss-reactive ketones (excluding diaryl/α,β-unsaturated/α-hetero) is 1. The van der Waals surface area contributed by atoms with Crippen molar-refractivity contribution in [1.29, 1.82) is 0 Å². The molecule has 0 bridgehead atoms. The summed E-state index contributed by atoms with van der Waals surface area (Å²) in [6.07, 6.45) is 0.319. The summed E-state index contributed by atoms with van der Waals surface area (Å²) in [5.41, 5.74) is 0.469. The topological polar surface area (TPSA) is 54.4 Å². The molecule has 0 aromatic heterocycles. The van der Waals surface area contributed by atoms with Crippen LogP contribution < -0.4 is 0 Å². The van der Waals surface area contributed by atoms with Gasteiger partial charge in [0.1, 0.15) is 5.92 Å². The Labute approximate surface area is 102 Å². The van der Waals surface area contributed by atoms with Crippen LogP contribution in [0.15, 0.2) is 24.3 Å². The van der Waals surface area contributed by atoms with E-state index in [2.05, 4.69) is 22.6 Å². The maximum absolute atomic E-state index is 11.8. The molecule has 0 unspecified atom stereocenters. The molecule has 0 fully saturated rings. The second-order valence-electron chi connectivity index (χ2n) is 3.17. The van der Waals surface area contributed by atoms with Crippen LogP contribution in [0.1, 0.15) is 23.7 Å². The normalized spacial score (nSPS) is 12.1. The van der Waals surface area contributed by atoms with Crippen LogP contribution in [0, 0.1) is 9.49 Å². The predicted molar refractivity (Wildman–Crippen MR) is 64.9 cm³/mol. The van der Waals surface area contributed by atoms with Crippen LogP contribution in [0.3, 0.4) is 0 Å². The minimum Gasteiger partial charge on any atom is -0.481 e. The fourth-order valence-electron chi connectivity index (χ4n) is 1.32. The molecular formula is C11H11IO3. The molecule has 0 aliphatic rings. The van der Waals surface area contributed by atoms with Crippen LogP contribution >= 0.6 is 22.6 Å². The summed E-state index contributed by atoms with van der Waals surface area (Å²) in [6.45, 7) is 1.70. The maximum atomic E-state index is 11.8. The van der Waals surface area contributed by atoms with Crippen LogP contribution in [0.2, 0.25) is 0 Å². The first-order chi connectivity index (χ1) is 7.06. The molecule has 0 radical (unpaired) electrons. The molecule has 0 aliphatic heterocycles. The van der Waals surface area contributed by atoms with Crippen LogP contribution in [0.4, 0.5) is 0 Å². The number of ketones is 1. The highest BCUT2D eigenvalue weighted by Crippen LogP contribution is 2.15. The Morgan fingerprint density at radius 2 is 2.13 bits per heavy atom. The number of carboxylic acids is 1. The summed E-state index contributed by atoms with van der Waals surface area (Å²) in [4.78, 5) is 22.6. The molecule has 0 heterocycles.